The van der Waals surface area contributed by atoms with E-state index in [2.05, 4.69) is 75.7 Å². The van der Waals surface area contributed by atoms with Gasteiger partial charge in [-0.25, -0.2) is 94.4 Å². The van der Waals surface area contributed by atoms with Crippen molar-refractivity contribution in [3.63, 3.8) is 0 Å². The molecule has 0 aliphatic carbocycles. The van der Waals surface area contributed by atoms with Gasteiger partial charge in [-0.05, 0) is 132 Å². The highest BCUT2D eigenvalue weighted by Crippen LogP contribution is 2.43. The molecular weight excluding hydrogens is 2090 g/mol. The number of carboxylic acid groups (broad SMARTS) is 3. The normalized spacial score (nSPS) is 10.9. The van der Waals surface area contributed by atoms with Gasteiger partial charge in [0.1, 0.15) is 34.5 Å². The third kappa shape index (κ3) is 25.3. The van der Waals surface area contributed by atoms with Crippen LogP contribution in [-0.2, 0) is 26.6 Å². The van der Waals surface area contributed by atoms with Crippen LogP contribution in [0, 0.1) is 56.6 Å². The second-order valence-corrected chi connectivity index (χ2v) is 29.2. The molecule has 0 radical (unpaired) electrons. The van der Waals surface area contributed by atoms with Gasteiger partial charge < -0.3 is 73.4 Å². The van der Waals surface area contributed by atoms with E-state index in [4.69, 9.17) is 130 Å². The number of nitrogens with two attached hydrogens (primary N) is 6. The maximum absolute atomic E-state index is 14.2. The molecule has 0 spiro atoms. The van der Waals surface area contributed by atoms with Gasteiger partial charge in [0, 0.05) is 47.0 Å². The fraction of sp³-hybridized carbons (Fsp3) is 0.0875. The van der Waals surface area contributed by atoms with Gasteiger partial charge >= 0.3 is 54.5 Å². The van der Waals surface area contributed by atoms with E-state index in [0.717, 1.165) is 48.0 Å². The number of rotatable bonds is 14. The van der Waals surface area contributed by atoms with Crippen LogP contribution in [0.2, 0.25) is 30.1 Å². The molecule has 0 unspecified atom stereocenters. The van der Waals surface area contributed by atoms with E-state index >= 15 is 0 Å². The number of alkyl halides is 9. The topological polar surface area (TPSA) is 456 Å². The molecule has 0 saturated heterocycles. The summed E-state index contributed by atoms with van der Waals surface area (Å²) in [6, 6.07) is 26.8. The molecular formula is C80H49BrCl6F16IN13O14. The second-order valence-electron chi connectivity index (χ2n) is 24.8. The number of carbonyl (C=O) groups is 6. The highest BCUT2D eigenvalue weighted by molar-refractivity contribution is 14.1. The molecule has 15 N–H and O–H groups in total. The van der Waals surface area contributed by atoms with Crippen molar-refractivity contribution in [2.24, 2.45) is 0 Å². The van der Waals surface area contributed by atoms with Crippen molar-refractivity contribution in [1.29, 1.82) is 0 Å². The first-order valence-corrected chi connectivity index (χ1v) is 38.5. The van der Waals surface area contributed by atoms with E-state index in [1.165, 1.54) is 44.6 Å². The molecule has 0 aliphatic rings. The lowest BCUT2D eigenvalue weighted by Crippen LogP contribution is -2.17. The number of ether oxygens (including phenoxy) is 5. The maximum atomic E-state index is 14.2. The molecule has 686 valence electrons. The van der Waals surface area contributed by atoms with Crippen molar-refractivity contribution in [2.75, 3.05) is 62.8 Å². The molecule has 12 aromatic rings. The van der Waals surface area contributed by atoms with E-state index in [-0.39, 0.29) is 83.8 Å². The minimum Gasteiger partial charge on any atom is -0.491 e. The third-order valence-electron chi connectivity index (χ3n) is 16.5. The van der Waals surface area contributed by atoms with Gasteiger partial charge in [-0.1, -0.05) is 110 Å². The van der Waals surface area contributed by atoms with E-state index in [1.54, 1.807) is 30.3 Å². The molecule has 6 heterocycles. The Balaban J connectivity index is 0.000000215. The summed E-state index contributed by atoms with van der Waals surface area (Å²) >= 11 is 39.8. The molecule has 0 bridgehead atoms. The molecule has 51 heteroatoms. The average Bonchev–Trinajstić information content (AvgIpc) is 0.822. The van der Waals surface area contributed by atoms with Crippen LogP contribution in [0.15, 0.2) is 132 Å². The number of benzene rings is 6. The summed E-state index contributed by atoms with van der Waals surface area (Å²) in [5, 5.41) is 24.8. The Morgan fingerprint density at radius 2 is 0.840 bits per heavy atom. The van der Waals surface area contributed by atoms with Crippen molar-refractivity contribution in [3.8, 4) is 91.5 Å². The zero-order valence-electron chi connectivity index (χ0n) is 65.2. The van der Waals surface area contributed by atoms with Gasteiger partial charge in [-0.3, -0.25) is 0 Å². The maximum Gasteiger partial charge on any atom is 0.573 e. The van der Waals surface area contributed by atoms with Crippen LogP contribution >= 0.6 is 108 Å². The summed E-state index contributed by atoms with van der Waals surface area (Å²) in [4.78, 5) is 94.6. The highest BCUT2D eigenvalue weighted by atomic mass is 127. The molecule has 0 fully saturated rings. The molecule has 131 heavy (non-hydrogen) atoms. The van der Waals surface area contributed by atoms with Gasteiger partial charge in [0.15, 0.2) is 80.6 Å². The van der Waals surface area contributed by atoms with Crippen molar-refractivity contribution in [2.45, 2.75) is 18.7 Å². The third-order valence-corrected chi connectivity index (χ3v) is 20.0. The minimum atomic E-state index is -5.18. The molecule has 0 atom stereocenters. The standard InChI is InChI=1S/C15H13N3O3.C14H9Cl2F3N2O3.C14H8ClF5N2O2.C13H5ClF6N2O2.C12H8BrClN2O2.C12H6ClF2IN2O2/c1-4-9-5-7-10(8-6-9)14-17-11(15(19)21-3)12(20-2)13(16)18-14;1-23-13(22)12-9(16)10(20)8(15)11(21-12)6-2-4-7(5-3-6)24-14(17,18)19;1-24-13(23)12-8(15)10(21)9(17)11(22-12)5-2-3-6(7(16)4-5)14(18,19)20;14-5-9(21)8(17)10(22-11(5)12(23)24)3-1-2-4(13(18,19)20)7(16)6(3)15;13-7-3-1-6(2-4-7)9-5-8(15)10(14)11(16-9)12(17)18;13-7-9(17)8(15)10(18-11(7)12(19)20)5-2-1-4(16)3-6(5)14/h1,5-8H,2-3H3,(H2,16,17,18);2-5H,1H3,(H2,20,21);2-4H,1H3,(H2,21,22);1-2H,(H2,21,22)(H,23,24);1-5H,(H2,15,16)(H,17,18);1-3H,(H2,17,18)(H,19,20). The predicted octanol–water partition coefficient (Wildman–Crippen LogP) is 21.0. The number of halogens is 24. The lowest BCUT2D eigenvalue weighted by atomic mass is 10.0. The Hall–Kier alpha value is -13.2. The van der Waals surface area contributed by atoms with Crippen LogP contribution in [0.5, 0.6) is 11.5 Å². The quantitative estimate of drug-likeness (QED) is 0.0160. The number of aromatic nitrogens is 7. The summed E-state index contributed by atoms with van der Waals surface area (Å²) in [7, 11) is 4.77. The summed E-state index contributed by atoms with van der Waals surface area (Å²) in [5.41, 5.74) is 24.4. The lowest BCUT2D eigenvalue weighted by Gasteiger charge is -2.13. The minimum absolute atomic E-state index is 0.0245. The largest absolute Gasteiger partial charge is 0.573 e. The van der Waals surface area contributed by atoms with Crippen LogP contribution < -0.4 is 43.9 Å². The number of esters is 3. The van der Waals surface area contributed by atoms with Crippen molar-refractivity contribution in [3.05, 3.63) is 257 Å². The van der Waals surface area contributed by atoms with Crippen LogP contribution in [0.3, 0.4) is 0 Å². The molecule has 12 rings (SSSR count). The van der Waals surface area contributed by atoms with Crippen LogP contribution in [-0.4, -0.2) is 121 Å². The molecule has 0 saturated carbocycles. The number of terminal acetylenes is 1. The fourth-order valence-corrected chi connectivity index (χ4v) is 12.3. The second kappa shape index (κ2) is 43.9. The Morgan fingerprint density at radius 1 is 0.420 bits per heavy atom. The van der Waals surface area contributed by atoms with Crippen LogP contribution in [0.1, 0.15) is 79.6 Å². The SMILES string of the molecule is C#Cc1ccc(-c2nc(N)c(OC)c(C(=O)OC)n2)cc1.COC(=O)c1nc(-c2ccc(C(F)(F)F)c(F)c2)c(F)c(N)c1Cl.COC(=O)c1nc(-c2ccc(OC(F)(F)F)cc2)c(Cl)c(N)c1Cl.Nc1c(F)c(-c2ccc(C(F)(F)F)c(F)c2F)nc(C(=O)O)c1Cl.Nc1c(F)c(-c2ccc(I)cc2F)nc(C(=O)O)c1Cl.Nc1cc(-c2ccc(Br)cc2)nc(C(=O)O)c1Cl. The summed E-state index contributed by atoms with van der Waals surface area (Å²) in [5.74, 6) is -14.9. The molecule has 6 aromatic carbocycles. The zero-order chi connectivity index (χ0) is 98.4. The monoisotopic (exact) mass is 2130 g/mol. The number of hydrogen-bond acceptors (Lipinski definition) is 24. The van der Waals surface area contributed by atoms with Crippen LogP contribution in [0.25, 0.3) is 67.7 Å². The first kappa shape index (κ1) is 105. The summed E-state index contributed by atoms with van der Waals surface area (Å²) in [6.07, 6.45) is -9.59. The Morgan fingerprint density at radius 3 is 1.30 bits per heavy atom. The predicted molar refractivity (Wildman–Crippen MR) is 459 cm³/mol. The van der Waals surface area contributed by atoms with Gasteiger partial charge in [0.05, 0.1) is 110 Å². The molecule has 0 amide bonds. The van der Waals surface area contributed by atoms with Gasteiger partial charge in [0.2, 0.25) is 0 Å². The number of pyridine rings is 5. The number of aromatic carboxylic acids is 3. The number of nitrogen functional groups attached to an aromatic ring is 6. The van der Waals surface area contributed by atoms with Crippen molar-refractivity contribution in [1.82, 2.24) is 34.9 Å². The Labute approximate surface area is 776 Å². The highest BCUT2D eigenvalue weighted by Gasteiger charge is 2.39. The molecule has 27 nitrogen and oxygen atoms in total. The average molecular weight is 2140 g/mol. The number of carboxylic acids is 3. The number of hydrogen-bond donors (Lipinski definition) is 9. The molecule has 6 aromatic heterocycles. The number of carbonyl (C=O) groups excluding carboxylic acids is 3. The van der Waals surface area contributed by atoms with Gasteiger partial charge in [-0.2, -0.15) is 26.3 Å². The van der Waals surface area contributed by atoms with E-state index < -0.39 is 184 Å². The number of nitrogens with zero attached hydrogens (tertiary/aromatic N) is 7. The Bertz CT molecular complexity index is 6530. The van der Waals surface area contributed by atoms with Gasteiger partial charge in [-0.15, -0.1) is 19.6 Å². The first-order chi connectivity index (χ1) is 61.1. The van der Waals surface area contributed by atoms with E-state index in [9.17, 15) is 99.0 Å². The first-order valence-electron chi connectivity index (χ1n) is 34.4. The summed E-state index contributed by atoms with van der Waals surface area (Å²) < 4.78 is 233. The zero-order valence-corrected chi connectivity index (χ0v) is 73.5. The van der Waals surface area contributed by atoms with Crippen molar-refractivity contribution < 1.29 is 138 Å². The lowest BCUT2D eigenvalue weighted by molar-refractivity contribution is -0.274. The van der Waals surface area contributed by atoms with E-state index in [1.807, 2.05) is 46.9 Å². The number of anilines is 6. The van der Waals surface area contributed by atoms with Crippen LogP contribution in [0.4, 0.5) is 105 Å². The summed E-state index contributed by atoms with van der Waals surface area (Å²) in [6.45, 7) is 0. The van der Waals surface area contributed by atoms with Gasteiger partial charge in [0.25, 0.3) is 0 Å². The number of methoxy groups -OCH3 is 4. The Kier molecular flexibility index (Phi) is 35.1. The van der Waals surface area contributed by atoms with Crippen molar-refractivity contribution >= 4 is 178 Å². The van der Waals surface area contributed by atoms with E-state index in [0.29, 0.717) is 38.6 Å². The molecule has 0 aliphatic heterocycles. The fourth-order valence-electron chi connectivity index (χ4n) is 10.3. The smallest absolute Gasteiger partial charge is 0.491 e.